The molecule has 2 amide bonds. The minimum Gasteiger partial charge on any atom is -0.343 e. The van der Waals surface area contributed by atoms with E-state index in [1.165, 1.54) is 5.56 Å². The standard InChI is InChI=1S/C22H26N4O2/c1-2-3-12-22(23-24-22)13-8-20(27)25-14-9-18(10-15-25)21(28)26-16-11-17-6-4-5-7-19(17)26/h1,4-7,18H,3,8-16H2. The smallest absolute Gasteiger partial charge is 0.230 e. The number of para-hydroxylation sites is 1. The van der Waals surface area contributed by atoms with E-state index in [1.807, 2.05) is 28.0 Å². The number of likely N-dealkylation sites (tertiary alicyclic amines) is 1. The molecule has 0 radical (unpaired) electrons. The third kappa shape index (κ3) is 3.80. The van der Waals surface area contributed by atoms with Gasteiger partial charge in [-0.1, -0.05) is 18.2 Å². The fourth-order valence-corrected chi connectivity index (χ4v) is 4.30. The monoisotopic (exact) mass is 378 g/mol. The molecule has 1 aromatic carbocycles. The Morgan fingerprint density at radius 2 is 1.89 bits per heavy atom. The summed E-state index contributed by atoms with van der Waals surface area (Å²) < 4.78 is 0. The van der Waals surface area contributed by atoms with Gasteiger partial charge >= 0.3 is 0 Å². The van der Waals surface area contributed by atoms with E-state index in [4.69, 9.17) is 6.42 Å². The van der Waals surface area contributed by atoms with Gasteiger partial charge in [-0.3, -0.25) is 9.59 Å². The Kier molecular flexibility index (Phi) is 5.17. The summed E-state index contributed by atoms with van der Waals surface area (Å²) in [5.41, 5.74) is 1.90. The average molecular weight is 378 g/mol. The number of benzene rings is 1. The quantitative estimate of drug-likeness (QED) is 0.714. The molecule has 0 unspecified atom stereocenters. The van der Waals surface area contributed by atoms with Crippen LogP contribution in [0, 0.1) is 18.3 Å². The number of anilines is 1. The molecular weight excluding hydrogens is 352 g/mol. The van der Waals surface area contributed by atoms with Gasteiger partial charge in [-0.15, -0.1) is 12.3 Å². The van der Waals surface area contributed by atoms with Crippen molar-refractivity contribution < 1.29 is 9.59 Å². The molecule has 3 aliphatic rings. The molecule has 1 aromatic rings. The Morgan fingerprint density at radius 1 is 1.14 bits per heavy atom. The number of nitrogens with zero attached hydrogens (tertiary/aromatic N) is 4. The van der Waals surface area contributed by atoms with Gasteiger partial charge in [0.25, 0.3) is 0 Å². The Morgan fingerprint density at radius 3 is 2.61 bits per heavy atom. The predicted octanol–water partition coefficient (Wildman–Crippen LogP) is 3.17. The zero-order valence-electron chi connectivity index (χ0n) is 16.1. The van der Waals surface area contributed by atoms with E-state index in [0.29, 0.717) is 32.4 Å². The van der Waals surface area contributed by atoms with Crippen LogP contribution in [0.5, 0.6) is 0 Å². The lowest BCUT2D eigenvalue weighted by molar-refractivity contribution is -0.135. The first-order valence-corrected chi connectivity index (χ1v) is 10.2. The molecule has 3 aliphatic heterocycles. The summed E-state index contributed by atoms with van der Waals surface area (Å²) in [5.74, 6) is 2.96. The van der Waals surface area contributed by atoms with Crippen LogP contribution >= 0.6 is 0 Å². The SMILES string of the molecule is C#CCCC1(CCC(=O)N2CCC(C(=O)N3CCc4ccccc43)CC2)N=N1. The molecule has 0 atom stereocenters. The molecule has 0 N–H and O–H groups in total. The van der Waals surface area contributed by atoms with E-state index < -0.39 is 5.66 Å². The second-order valence-corrected chi connectivity index (χ2v) is 7.91. The van der Waals surface area contributed by atoms with E-state index in [0.717, 1.165) is 37.9 Å². The highest BCUT2D eigenvalue weighted by Gasteiger charge is 2.40. The third-order valence-electron chi connectivity index (χ3n) is 6.14. The number of fused-ring (bicyclic) bond motifs is 1. The van der Waals surface area contributed by atoms with Crippen molar-refractivity contribution in [1.29, 1.82) is 0 Å². The molecule has 6 heteroatoms. The summed E-state index contributed by atoms with van der Waals surface area (Å²) in [4.78, 5) is 29.4. The summed E-state index contributed by atoms with van der Waals surface area (Å²) in [6.07, 6.45) is 10.1. The zero-order valence-corrected chi connectivity index (χ0v) is 16.1. The molecule has 0 spiro atoms. The third-order valence-corrected chi connectivity index (χ3v) is 6.14. The molecular formula is C22H26N4O2. The van der Waals surface area contributed by atoms with Crippen molar-refractivity contribution in [3.05, 3.63) is 29.8 Å². The number of amides is 2. The van der Waals surface area contributed by atoms with Crippen molar-refractivity contribution in [3.63, 3.8) is 0 Å². The molecule has 0 saturated carbocycles. The molecule has 6 nitrogen and oxygen atoms in total. The first kappa shape index (κ1) is 18.7. The fraction of sp³-hybridized carbons (Fsp3) is 0.545. The lowest BCUT2D eigenvalue weighted by atomic mass is 9.94. The van der Waals surface area contributed by atoms with Gasteiger partial charge in [0, 0.05) is 56.9 Å². The first-order chi connectivity index (χ1) is 13.6. The minimum absolute atomic E-state index is 0.00519. The van der Waals surface area contributed by atoms with Crippen LogP contribution in [-0.2, 0) is 16.0 Å². The van der Waals surface area contributed by atoms with E-state index in [1.54, 1.807) is 0 Å². The van der Waals surface area contributed by atoms with Gasteiger partial charge < -0.3 is 9.80 Å². The molecule has 0 bridgehead atoms. The second kappa shape index (κ2) is 7.75. The summed E-state index contributed by atoms with van der Waals surface area (Å²) in [7, 11) is 0. The maximum Gasteiger partial charge on any atom is 0.230 e. The first-order valence-electron chi connectivity index (χ1n) is 10.2. The Balaban J connectivity index is 1.25. The van der Waals surface area contributed by atoms with Crippen molar-refractivity contribution >= 4 is 17.5 Å². The molecule has 0 aromatic heterocycles. The predicted molar refractivity (Wildman–Crippen MR) is 107 cm³/mol. The Bertz CT molecular complexity index is 827. The lowest BCUT2D eigenvalue weighted by Crippen LogP contribution is -2.44. The van der Waals surface area contributed by atoms with Gasteiger partial charge in [0.1, 0.15) is 0 Å². The summed E-state index contributed by atoms with van der Waals surface area (Å²) in [6, 6.07) is 8.14. The van der Waals surface area contributed by atoms with Crippen LogP contribution in [-0.4, -0.2) is 42.0 Å². The summed E-state index contributed by atoms with van der Waals surface area (Å²) in [6.45, 7) is 2.07. The van der Waals surface area contributed by atoms with E-state index in [2.05, 4.69) is 22.2 Å². The second-order valence-electron chi connectivity index (χ2n) is 7.91. The van der Waals surface area contributed by atoms with Gasteiger partial charge in [0.15, 0.2) is 5.66 Å². The van der Waals surface area contributed by atoms with Crippen LogP contribution in [0.25, 0.3) is 0 Å². The van der Waals surface area contributed by atoms with E-state index in [9.17, 15) is 9.59 Å². The van der Waals surface area contributed by atoms with Crippen LogP contribution in [0.3, 0.4) is 0 Å². The number of terminal acetylenes is 1. The molecule has 146 valence electrons. The van der Waals surface area contributed by atoms with Gasteiger partial charge in [0.2, 0.25) is 11.8 Å². The molecule has 3 heterocycles. The normalized spacial score (nSPS) is 20.0. The molecule has 1 saturated heterocycles. The average Bonchev–Trinajstić information content (AvgIpc) is 3.39. The maximum atomic E-state index is 13.0. The van der Waals surface area contributed by atoms with Crippen molar-refractivity contribution in [2.24, 2.45) is 16.1 Å². The highest BCUT2D eigenvalue weighted by Crippen LogP contribution is 2.38. The van der Waals surface area contributed by atoms with Gasteiger partial charge in [-0.05, 0) is 30.9 Å². The number of hydrogen-bond donors (Lipinski definition) is 0. The van der Waals surface area contributed by atoms with Gasteiger partial charge in [-0.25, -0.2) is 0 Å². The van der Waals surface area contributed by atoms with Crippen molar-refractivity contribution in [2.45, 2.75) is 50.6 Å². The molecule has 0 aliphatic carbocycles. The van der Waals surface area contributed by atoms with Crippen LogP contribution in [0.15, 0.2) is 34.5 Å². The van der Waals surface area contributed by atoms with Crippen molar-refractivity contribution in [1.82, 2.24) is 4.90 Å². The number of rotatable bonds is 6. The topological polar surface area (TPSA) is 65.3 Å². The number of hydrogen-bond acceptors (Lipinski definition) is 4. The Labute approximate surface area is 166 Å². The van der Waals surface area contributed by atoms with E-state index in [-0.39, 0.29) is 17.7 Å². The van der Waals surface area contributed by atoms with Crippen LogP contribution < -0.4 is 4.90 Å². The summed E-state index contributed by atoms with van der Waals surface area (Å²) in [5, 5.41) is 8.19. The van der Waals surface area contributed by atoms with Crippen LogP contribution in [0.2, 0.25) is 0 Å². The fourth-order valence-electron chi connectivity index (χ4n) is 4.30. The number of carbonyl (C=O) groups excluding carboxylic acids is 2. The number of carbonyl (C=O) groups is 2. The zero-order chi connectivity index (χ0) is 19.6. The highest BCUT2D eigenvalue weighted by molar-refractivity contribution is 5.97. The summed E-state index contributed by atoms with van der Waals surface area (Å²) >= 11 is 0. The molecule has 28 heavy (non-hydrogen) atoms. The van der Waals surface area contributed by atoms with Crippen molar-refractivity contribution in [2.75, 3.05) is 24.5 Å². The molecule has 4 rings (SSSR count). The largest absolute Gasteiger partial charge is 0.343 e. The van der Waals surface area contributed by atoms with Gasteiger partial charge in [0.05, 0.1) is 0 Å². The van der Waals surface area contributed by atoms with Crippen LogP contribution in [0.1, 0.15) is 44.1 Å². The van der Waals surface area contributed by atoms with Crippen LogP contribution in [0.4, 0.5) is 5.69 Å². The lowest BCUT2D eigenvalue weighted by Gasteiger charge is -2.33. The van der Waals surface area contributed by atoms with Gasteiger partial charge in [-0.2, -0.15) is 10.2 Å². The highest BCUT2D eigenvalue weighted by atomic mass is 16.2. The maximum absolute atomic E-state index is 13.0. The Hall–Kier alpha value is -2.68. The van der Waals surface area contributed by atoms with Crippen molar-refractivity contribution in [3.8, 4) is 12.3 Å². The van der Waals surface area contributed by atoms with E-state index >= 15 is 0 Å². The molecule has 1 fully saturated rings. The number of piperidine rings is 1. The minimum atomic E-state index is -0.403.